The molecular weight excluding hydrogens is 381 g/mol. The number of fused-ring (bicyclic) bond motifs is 1. The second-order valence-corrected chi connectivity index (χ2v) is 8.16. The summed E-state index contributed by atoms with van der Waals surface area (Å²) in [6.45, 7) is 0.655. The normalized spacial score (nSPS) is 15.8. The molecule has 1 heterocycles. The smallest absolute Gasteiger partial charge is 0.263 e. The van der Waals surface area contributed by atoms with Crippen molar-refractivity contribution in [2.24, 2.45) is 4.99 Å². The first-order valence-corrected chi connectivity index (χ1v) is 10.6. The first kappa shape index (κ1) is 20.0. The van der Waals surface area contributed by atoms with Gasteiger partial charge in [0.25, 0.3) is 10.0 Å². The predicted molar refractivity (Wildman–Crippen MR) is 105 cm³/mol. The summed E-state index contributed by atoms with van der Waals surface area (Å²) in [5.41, 5.74) is 1.06. The lowest BCUT2D eigenvalue weighted by atomic mass is 10.1. The van der Waals surface area contributed by atoms with Crippen molar-refractivity contribution in [3.63, 3.8) is 0 Å². The molecule has 2 aromatic rings. The van der Waals surface area contributed by atoms with Gasteiger partial charge in [-0.3, -0.25) is 14.5 Å². The number of benzene rings is 2. The third-order valence-electron chi connectivity index (χ3n) is 4.43. The van der Waals surface area contributed by atoms with Gasteiger partial charge in [-0.25, -0.2) is 12.8 Å². The first-order valence-electron chi connectivity index (χ1n) is 9.14. The number of amidine groups is 1. The molecule has 0 atom stereocenters. The number of sulfonamides is 1. The zero-order chi connectivity index (χ0) is 20.0. The summed E-state index contributed by atoms with van der Waals surface area (Å²) in [7, 11) is -3.51. The summed E-state index contributed by atoms with van der Waals surface area (Å²) >= 11 is 0. The summed E-state index contributed by atoms with van der Waals surface area (Å²) < 4.78 is 40.0. The van der Waals surface area contributed by atoms with Gasteiger partial charge in [0.2, 0.25) is 5.91 Å². The van der Waals surface area contributed by atoms with Gasteiger partial charge in [0.1, 0.15) is 11.7 Å². The van der Waals surface area contributed by atoms with Crippen LogP contribution in [0.5, 0.6) is 0 Å². The average Bonchev–Trinajstić information content (AvgIpc) is 2.94. The second kappa shape index (κ2) is 8.97. The Morgan fingerprint density at radius 2 is 1.79 bits per heavy atom. The molecule has 0 radical (unpaired) electrons. The molecule has 0 bridgehead atoms. The first-order chi connectivity index (χ1) is 13.5. The fraction of sp³-hybridized carbons (Fsp3) is 0.300. The Labute approximate surface area is 163 Å². The Bertz CT molecular complexity index is 990. The molecule has 2 N–H and O–H groups in total. The molecular formula is C20H22FN3O3S. The van der Waals surface area contributed by atoms with Gasteiger partial charge in [0.05, 0.1) is 4.90 Å². The van der Waals surface area contributed by atoms with E-state index in [1.807, 2.05) is 0 Å². The quantitative estimate of drug-likeness (QED) is 0.665. The molecule has 8 heteroatoms. The van der Waals surface area contributed by atoms with E-state index in [0.717, 1.165) is 12.8 Å². The van der Waals surface area contributed by atoms with Crippen LogP contribution in [0.4, 0.5) is 4.39 Å². The van der Waals surface area contributed by atoms with Gasteiger partial charge < -0.3 is 5.32 Å². The largest absolute Gasteiger partial charge is 0.352 e. The minimum atomic E-state index is -3.51. The van der Waals surface area contributed by atoms with Gasteiger partial charge in [0, 0.05) is 30.6 Å². The van der Waals surface area contributed by atoms with Gasteiger partial charge >= 0.3 is 0 Å². The van der Waals surface area contributed by atoms with E-state index in [-0.39, 0.29) is 23.2 Å². The summed E-state index contributed by atoms with van der Waals surface area (Å²) in [4.78, 5) is 16.4. The van der Waals surface area contributed by atoms with Gasteiger partial charge in [-0.1, -0.05) is 36.8 Å². The Morgan fingerprint density at radius 3 is 2.61 bits per heavy atom. The van der Waals surface area contributed by atoms with Crippen molar-refractivity contribution in [3.05, 3.63) is 65.5 Å². The maximum Gasteiger partial charge on any atom is 0.263 e. The maximum absolute atomic E-state index is 13.5. The van der Waals surface area contributed by atoms with Crippen molar-refractivity contribution in [1.29, 1.82) is 0 Å². The van der Waals surface area contributed by atoms with Gasteiger partial charge in [-0.05, 0) is 31.0 Å². The lowest BCUT2D eigenvalue weighted by Crippen LogP contribution is -2.23. The van der Waals surface area contributed by atoms with E-state index in [2.05, 4.69) is 15.0 Å². The highest BCUT2D eigenvalue weighted by Crippen LogP contribution is 2.22. The third-order valence-corrected chi connectivity index (χ3v) is 5.83. The van der Waals surface area contributed by atoms with E-state index in [0.29, 0.717) is 36.3 Å². The molecule has 6 nitrogen and oxygen atoms in total. The van der Waals surface area contributed by atoms with Crippen LogP contribution in [0.1, 0.15) is 36.8 Å². The number of unbranched alkanes of at least 4 members (excludes halogenated alkanes) is 2. The summed E-state index contributed by atoms with van der Waals surface area (Å²) in [6.07, 6.45) is 2.59. The molecule has 1 aliphatic rings. The Hall–Kier alpha value is -2.74. The van der Waals surface area contributed by atoms with E-state index in [4.69, 9.17) is 0 Å². The molecule has 0 spiro atoms. The van der Waals surface area contributed by atoms with E-state index in [1.54, 1.807) is 42.5 Å². The second-order valence-electron chi connectivity index (χ2n) is 6.51. The number of amides is 1. The Kier molecular flexibility index (Phi) is 6.41. The zero-order valence-electron chi connectivity index (χ0n) is 15.3. The van der Waals surface area contributed by atoms with E-state index in [9.17, 15) is 17.6 Å². The predicted octanol–water partition coefficient (Wildman–Crippen LogP) is 2.74. The summed E-state index contributed by atoms with van der Waals surface area (Å²) in [6, 6.07) is 13.1. The van der Waals surface area contributed by atoms with E-state index >= 15 is 0 Å². The fourth-order valence-electron chi connectivity index (χ4n) is 2.94. The number of halogens is 1. The molecule has 0 saturated carbocycles. The van der Waals surface area contributed by atoms with Gasteiger partial charge in [-0.2, -0.15) is 0 Å². The highest BCUT2D eigenvalue weighted by molar-refractivity contribution is 7.90. The number of carbonyl (C=O) groups excluding carboxylic acids is 1. The summed E-state index contributed by atoms with van der Waals surface area (Å²) in [5, 5.41) is 2.71. The Morgan fingerprint density at radius 1 is 1.04 bits per heavy atom. The number of aliphatic imine (C=N–C) groups is 1. The maximum atomic E-state index is 13.5. The van der Waals surface area contributed by atoms with Crippen molar-refractivity contribution in [1.82, 2.24) is 10.0 Å². The number of rotatable bonds is 8. The number of hydrogen-bond acceptors (Lipinski definition) is 4. The monoisotopic (exact) mass is 403 g/mol. The highest BCUT2D eigenvalue weighted by Gasteiger charge is 2.29. The van der Waals surface area contributed by atoms with Gasteiger partial charge in [0.15, 0.2) is 0 Å². The van der Waals surface area contributed by atoms with Crippen LogP contribution in [-0.4, -0.2) is 26.7 Å². The van der Waals surface area contributed by atoms with Crippen LogP contribution in [0.2, 0.25) is 0 Å². The lowest BCUT2D eigenvalue weighted by molar-refractivity contribution is -0.121. The number of hydrogen-bond donors (Lipinski definition) is 2. The lowest BCUT2D eigenvalue weighted by Gasteiger charge is -2.06. The SMILES string of the molecule is O=C(CCCCCN=C1NS(=O)(=O)c2ccccc21)NCc1ccccc1F. The Balaban J connectivity index is 1.37. The van der Waals surface area contributed by atoms with Crippen LogP contribution in [0.25, 0.3) is 0 Å². The standard InChI is InChI=1S/C20H22FN3O3S/c21-17-10-5-3-8-15(17)14-23-19(25)12-2-1-7-13-22-20-16-9-4-6-11-18(16)28(26,27)24-20/h3-6,8-11H,1-2,7,12-14H2,(H,22,24)(H,23,25). The fourth-order valence-corrected chi connectivity index (χ4v) is 4.19. The van der Waals surface area contributed by atoms with E-state index in [1.165, 1.54) is 6.07 Å². The minimum absolute atomic E-state index is 0.118. The molecule has 2 aromatic carbocycles. The molecule has 28 heavy (non-hydrogen) atoms. The van der Waals surface area contributed by atoms with Crippen LogP contribution in [-0.2, 0) is 21.4 Å². The zero-order valence-corrected chi connectivity index (χ0v) is 16.1. The van der Waals surface area contributed by atoms with Crippen molar-refractivity contribution < 1.29 is 17.6 Å². The summed E-state index contributed by atoms with van der Waals surface area (Å²) in [5.74, 6) is -0.0729. The number of carbonyl (C=O) groups is 1. The number of nitrogens with zero attached hydrogens (tertiary/aromatic N) is 1. The van der Waals surface area contributed by atoms with Crippen molar-refractivity contribution in [2.45, 2.75) is 37.1 Å². The van der Waals surface area contributed by atoms with Crippen LogP contribution >= 0.6 is 0 Å². The topological polar surface area (TPSA) is 87.6 Å². The molecule has 0 unspecified atom stereocenters. The van der Waals surface area contributed by atoms with Gasteiger partial charge in [-0.15, -0.1) is 0 Å². The molecule has 0 saturated heterocycles. The van der Waals surface area contributed by atoms with Crippen LogP contribution in [0, 0.1) is 5.82 Å². The molecule has 1 amide bonds. The molecule has 0 aromatic heterocycles. The minimum Gasteiger partial charge on any atom is -0.352 e. The van der Waals surface area contributed by atoms with Crippen molar-refractivity contribution >= 4 is 21.8 Å². The molecule has 148 valence electrons. The van der Waals surface area contributed by atoms with Crippen LogP contribution < -0.4 is 10.0 Å². The third kappa shape index (κ3) is 4.95. The van der Waals surface area contributed by atoms with Crippen molar-refractivity contribution in [2.75, 3.05) is 6.54 Å². The molecule has 3 rings (SSSR count). The molecule has 0 fully saturated rings. The van der Waals surface area contributed by atoms with Crippen LogP contribution in [0.3, 0.4) is 0 Å². The molecule has 1 aliphatic heterocycles. The van der Waals surface area contributed by atoms with E-state index < -0.39 is 10.0 Å². The van der Waals surface area contributed by atoms with Crippen molar-refractivity contribution in [3.8, 4) is 0 Å². The molecule has 0 aliphatic carbocycles. The highest BCUT2D eigenvalue weighted by atomic mass is 32.2. The number of nitrogens with one attached hydrogen (secondary N) is 2. The average molecular weight is 403 g/mol. The van der Waals surface area contributed by atoms with Crippen LogP contribution in [0.15, 0.2) is 58.4 Å².